The highest BCUT2D eigenvalue weighted by molar-refractivity contribution is 5.93. The van der Waals surface area contributed by atoms with E-state index in [0.29, 0.717) is 18.7 Å². The summed E-state index contributed by atoms with van der Waals surface area (Å²) in [5.74, 6) is 0.0576. The van der Waals surface area contributed by atoms with Gasteiger partial charge in [-0.15, -0.1) is 0 Å². The van der Waals surface area contributed by atoms with E-state index in [4.69, 9.17) is 0 Å². The first-order valence-electron chi connectivity index (χ1n) is 7.62. The Bertz CT molecular complexity index is 468. The van der Waals surface area contributed by atoms with Crippen LogP contribution in [0.2, 0.25) is 0 Å². The molecule has 0 bridgehead atoms. The molecule has 20 heavy (non-hydrogen) atoms. The van der Waals surface area contributed by atoms with Gasteiger partial charge in [0, 0.05) is 19.1 Å². The van der Waals surface area contributed by atoms with Crippen LogP contribution in [0.4, 0.5) is 0 Å². The fraction of sp³-hybridized carbons (Fsp3) is 0.733. The highest BCUT2D eigenvalue weighted by Gasteiger charge is 2.31. The summed E-state index contributed by atoms with van der Waals surface area (Å²) in [4.78, 5) is 14.6. The fourth-order valence-electron chi connectivity index (χ4n) is 2.95. The van der Waals surface area contributed by atoms with E-state index in [-0.39, 0.29) is 18.1 Å². The van der Waals surface area contributed by atoms with Crippen molar-refractivity contribution in [3.05, 3.63) is 17.5 Å². The van der Waals surface area contributed by atoms with Crippen LogP contribution in [0.15, 0.2) is 6.07 Å². The number of aromatic nitrogens is 2. The Balaban J connectivity index is 2.19. The zero-order valence-corrected chi connectivity index (χ0v) is 12.7. The molecule has 5 nitrogen and oxygen atoms in total. The third-order valence-corrected chi connectivity index (χ3v) is 3.96. The van der Waals surface area contributed by atoms with Crippen LogP contribution in [0.1, 0.15) is 56.2 Å². The lowest BCUT2D eigenvalue weighted by molar-refractivity contribution is 0.0670. The van der Waals surface area contributed by atoms with Gasteiger partial charge in [-0.1, -0.05) is 6.92 Å². The van der Waals surface area contributed by atoms with Gasteiger partial charge in [-0.25, -0.2) is 0 Å². The minimum atomic E-state index is -0.365. The molecule has 0 aromatic carbocycles. The molecule has 0 radical (unpaired) electrons. The molecule has 1 aromatic heterocycles. The Hall–Kier alpha value is -1.36. The van der Waals surface area contributed by atoms with Crippen molar-refractivity contribution in [3.63, 3.8) is 0 Å². The minimum absolute atomic E-state index is 0.0576. The van der Waals surface area contributed by atoms with Crippen molar-refractivity contribution in [2.45, 2.75) is 65.1 Å². The minimum Gasteiger partial charge on any atom is -0.393 e. The SMILES string of the molecule is CCc1cc(C(=O)N2CCCC2CC(C)O)n(CC)n1. The third kappa shape index (κ3) is 3.03. The van der Waals surface area contributed by atoms with Gasteiger partial charge in [-0.2, -0.15) is 5.10 Å². The normalized spacial score (nSPS) is 20.4. The highest BCUT2D eigenvalue weighted by Crippen LogP contribution is 2.24. The maximum absolute atomic E-state index is 12.7. The Labute approximate surface area is 120 Å². The van der Waals surface area contributed by atoms with Crippen molar-refractivity contribution in [2.24, 2.45) is 0 Å². The van der Waals surface area contributed by atoms with Gasteiger partial charge in [-0.3, -0.25) is 9.48 Å². The van der Waals surface area contributed by atoms with Crippen molar-refractivity contribution < 1.29 is 9.90 Å². The Morgan fingerprint density at radius 2 is 2.30 bits per heavy atom. The number of aryl methyl sites for hydroxylation is 2. The van der Waals surface area contributed by atoms with E-state index in [1.165, 1.54) is 0 Å². The number of hydrogen-bond donors (Lipinski definition) is 1. The summed E-state index contributed by atoms with van der Waals surface area (Å²) in [6.45, 7) is 7.32. The van der Waals surface area contributed by atoms with E-state index in [0.717, 1.165) is 31.5 Å². The molecule has 2 unspecified atom stereocenters. The molecule has 2 atom stereocenters. The van der Waals surface area contributed by atoms with Gasteiger partial charge in [0.05, 0.1) is 11.8 Å². The van der Waals surface area contributed by atoms with Crippen LogP contribution in [-0.4, -0.2) is 44.4 Å². The Morgan fingerprint density at radius 1 is 1.55 bits per heavy atom. The average Bonchev–Trinajstić information content (AvgIpc) is 3.03. The lowest BCUT2D eigenvalue weighted by Gasteiger charge is -2.25. The van der Waals surface area contributed by atoms with Crippen LogP contribution in [0.3, 0.4) is 0 Å². The van der Waals surface area contributed by atoms with E-state index in [9.17, 15) is 9.90 Å². The van der Waals surface area contributed by atoms with E-state index in [1.54, 1.807) is 11.6 Å². The van der Waals surface area contributed by atoms with Crippen molar-refractivity contribution in [1.82, 2.24) is 14.7 Å². The van der Waals surface area contributed by atoms with Gasteiger partial charge >= 0.3 is 0 Å². The van der Waals surface area contributed by atoms with Crippen molar-refractivity contribution >= 4 is 5.91 Å². The van der Waals surface area contributed by atoms with E-state index < -0.39 is 0 Å². The van der Waals surface area contributed by atoms with E-state index in [1.807, 2.05) is 24.8 Å². The summed E-state index contributed by atoms with van der Waals surface area (Å²) in [5, 5.41) is 14.0. The fourth-order valence-corrected chi connectivity index (χ4v) is 2.95. The maximum atomic E-state index is 12.7. The van der Waals surface area contributed by atoms with E-state index >= 15 is 0 Å². The number of nitrogens with zero attached hydrogens (tertiary/aromatic N) is 3. The van der Waals surface area contributed by atoms with Gasteiger partial charge in [0.15, 0.2) is 0 Å². The molecule has 0 spiro atoms. The molecular weight excluding hydrogens is 254 g/mol. The first-order valence-corrected chi connectivity index (χ1v) is 7.62. The summed E-state index contributed by atoms with van der Waals surface area (Å²) in [5.41, 5.74) is 1.64. The first-order chi connectivity index (χ1) is 9.56. The number of hydrogen-bond acceptors (Lipinski definition) is 3. The molecule has 1 N–H and O–H groups in total. The Kier molecular flexibility index (Phi) is 4.81. The second kappa shape index (κ2) is 6.39. The largest absolute Gasteiger partial charge is 0.393 e. The first kappa shape index (κ1) is 15.0. The summed E-state index contributed by atoms with van der Waals surface area (Å²) < 4.78 is 1.79. The van der Waals surface area contributed by atoms with Crippen LogP contribution < -0.4 is 0 Å². The zero-order valence-electron chi connectivity index (χ0n) is 12.7. The molecule has 0 aliphatic carbocycles. The molecule has 112 valence electrons. The van der Waals surface area contributed by atoms with Crippen LogP contribution in [-0.2, 0) is 13.0 Å². The number of likely N-dealkylation sites (tertiary alicyclic amines) is 1. The molecule has 1 amide bonds. The van der Waals surface area contributed by atoms with Gasteiger partial charge in [-0.05, 0) is 45.6 Å². The molecule has 2 heterocycles. The summed E-state index contributed by atoms with van der Waals surface area (Å²) >= 11 is 0. The molecule has 1 fully saturated rings. The average molecular weight is 279 g/mol. The smallest absolute Gasteiger partial charge is 0.272 e. The molecular formula is C15H25N3O2. The Morgan fingerprint density at radius 3 is 2.90 bits per heavy atom. The molecule has 1 saturated heterocycles. The van der Waals surface area contributed by atoms with Crippen LogP contribution >= 0.6 is 0 Å². The number of carbonyl (C=O) groups is 1. The number of amides is 1. The monoisotopic (exact) mass is 279 g/mol. The summed E-state index contributed by atoms with van der Waals surface area (Å²) in [6.07, 6.45) is 3.13. The topological polar surface area (TPSA) is 58.4 Å². The lowest BCUT2D eigenvalue weighted by Crippen LogP contribution is -2.38. The summed E-state index contributed by atoms with van der Waals surface area (Å²) in [6, 6.07) is 2.07. The molecule has 1 aliphatic heterocycles. The predicted molar refractivity (Wildman–Crippen MR) is 77.6 cm³/mol. The van der Waals surface area contributed by atoms with Crippen molar-refractivity contribution in [1.29, 1.82) is 0 Å². The number of aliphatic hydroxyl groups excluding tert-OH is 1. The molecule has 2 rings (SSSR count). The molecule has 5 heteroatoms. The number of carbonyl (C=O) groups excluding carboxylic acids is 1. The quantitative estimate of drug-likeness (QED) is 0.894. The summed E-state index contributed by atoms with van der Waals surface area (Å²) in [7, 11) is 0. The van der Waals surface area contributed by atoms with Crippen LogP contribution in [0.5, 0.6) is 0 Å². The highest BCUT2D eigenvalue weighted by atomic mass is 16.3. The molecule has 1 aromatic rings. The van der Waals surface area contributed by atoms with Gasteiger partial charge in [0.2, 0.25) is 0 Å². The zero-order chi connectivity index (χ0) is 14.7. The second-order valence-corrected chi connectivity index (χ2v) is 5.57. The van der Waals surface area contributed by atoms with Crippen LogP contribution in [0, 0.1) is 0 Å². The maximum Gasteiger partial charge on any atom is 0.272 e. The number of rotatable bonds is 5. The van der Waals surface area contributed by atoms with Crippen molar-refractivity contribution in [3.8, 4) is 0 Å². The van der Waals surface area contributed by atoms with Crippen molar-refractivity contribution in [2.75, 3.05) is 6.54 Å². The van der Waals surface area contributed by atoms with Gasteiger partial charge < -0.3 is 10.0 Å². The lowest BCUT2D eigenvalue weighted by atomic mass is 10.1. The van der Waals surface area contributed by atoms with E-state index in [2.05, 4.69) is 5.10 Å². The predicted octanol–water partition coefficient (Wildman–Crippen LogP) is 1.84. The van der Waals surface area contributed by atoms with Gasteiger partial charge in [0.25, 0.3) is 5.91 Å². The second-order valence-electron chi connectivity index (χ2n) is 5.57. The molecule has 1 aliphatic rings. The van der Waals surface area contributed by atoms with Gasteiger partial charge in [0.1, 0.15) is 5.69 Å². The van der Waals surface area contributed by atoms with Crippen LogP contribution in [0.25, 0.3) is 0 Å². The number of aliphatic hydroxyl groups is 1. The molecule has 0 saturated carbocycles. The standard InChI is InChI=1S/C15H25N3O2/c1-4-12-10-14(18(5-2)16-12)15(20)17-8-6-7-13(17)9-11(3)19/h10-11,13,19H,4-9H2,1-3H3. The third-order valence-electron chi connectivity index (χ3n) is 3.96.